The van der Waals surface area contributed by atoms with Crippen molar-refractivity contribution in [3.05, 3.63) is 71.8 Å². The van der Waals surface area contributed by atoms with E-state index in [-0.39, 0.29) is 12.5 Å². The average Bonchev–Trinajstić information content (AvgIpc) is 2.69. The van der Waals surface area contributed by atoms with E-state index >= 15 is 0 Å². The summed E-state index contributed by atoms with van der Waals surface area (Å²) in [4.78, 5) is 26.3. The predicted molar refractivity (Wildman–Crippen MR) is 101 cm³/mol. The summed E-state index contributed by atoms with van der Waals surface area (Å²) in [6.45, 7) is 1.71. The topological polar surface area (TPSA) is 58.6 Å². The summed E-state index contributed by atoms with van der Waals surface area (Å²) in [5.41, 5.74) is 2.96. The minimum absolute atomic E-state index is 0.209. The SMILES string of the molecule is COc1ccc(C(=O)NC(=O)CN2CC=C(c3ccccc3)CC2)cc1. The van der Waals surface area contributed by atoms with Crippen LogP contribution >= 0.6 is 0 Å². The first-order valence-corrected chi connectivity index (χ1v) is 8.61. The molecule has 0 unspecified atom stereocenters. The highest BCUT2D eigenvalue weighted by atomic mass is 16.5. The van der Waals surface area contributed by atoms with E-state index in [1.54, 1.807) is 31.4 Å². The zero-order valence-electron chi connectivity index (χ0n) is 14.8. The van der Waals surface area contributed by atoms with Crippen LogP contribution in [-0.2, 0) is 4.79 Å². The van der Waals surface area contributed by atoms with Crippen LogP contribution in [0.2, 0.25) is 0 Å². The zero-order valence-corrected chi connectivity index (χ0v) is 14.8. The van der Waals surface area contributed by atoms with E-state index in [1.165, 1.54) is 11.1 Å². The number of imide groups is 1. The molecule has 1 aliphatic heterocycles. The zero-order chi connectivity index (χ0) is 18.4. The first kappa shape index (κ1) is 17.9. The Morgan fingerprint density at radius 3 is 2.42 bits per heavy atom. The Balaban J connectivity index is 1.51. The quantitative estimate of drug-likeness (QED) is 0.901. The fourth-order valence-electron chi connectivity index (χ4n) is 2.95. The smallest absolute Gasteiger partial charge is 0.257 e. The first-order valence-electron chi connectivity index (χ1n) is 8.61. The molecule has 1 N–H and O–H groups in total. The molecule has 0 bridgehead atoms. The molecule has 5 nitrogen and oxygen atoms in total. The summed E-state index contributed by atoms with van der Waals surface area (Å²) < 4.78 is 5.06. The van der Waals surface area contributed by atoms with E-state index < -0.39 is 5.91 Å². The fourth-order valence-corrected chi connectivity index (χ4v) is 2.95. The van der Waals surface area contributed by atoms with Crippen molar-refractivity contribution in [3.8, 4) is 5.75 Å². The van der Waals surface area contributed by atoms with E-state index in [1.807, 2.05) is 23.1 Å². The van der Waals surface area contributed by atoms with Gasteiger partial charge in [-0.25, -0.2) is 0 Å². The largest absolute Gasteiger partial charge is 0.497 e. The Morgan fingerprint density at radius 1 is 1.08 bits per heavy atom. The van der Waals surface area contributed by atoms with Gasteiger partial charge in [-0.3, -0.25) is 19.8 Å². The molecule has 0 atom stereocenters. The van der Waals surface area contributed by atoms with Gasteiger partial charge in [-0.2, -0.15) is 0 Å². The molecule has 26 heavy (non-hydrogen) atoms. The molecule has 3 rings (SSSR count). The van der Waals surface area contributed by atoms with Crippen LogP contribution in [-0.4, -0.2) is 43.5 Å². The maximum Gasteiger partial charge on any atom is 0.257 e. The summed E-state index contributed by atoms with van der Waals surface area (Å²) in [5, 5.41) is 2.44. The molecule has 0 aliphatic carbocycles. The summed E-state index contributed by atoms with van der Waals surface area (Å²) in [5.74, 6) is -0.0141. The summed E-state index contributed by atoms with van der Waals surface area (Å²) in [6.07, 6.45) is 3.04. The Hall–Kier alpha value is -2.92. The van der Waals surface area contributed by atoms with Crippen LogP contribution < -0.4 is 10.1 Å². The van der Waals surface area contributed by atoms with E-state index in [2.05, 4.69) is 23.5 Å². The van der Waals surface area contributed by atoms with Gasteiger partial charge in [0.15, 0.2) is 0 Å². The van der Waals surface area contributed by atoms with Gasteiger partial charge in [0.2, 0.25) is 5.91 Å². The van der Waals surface area contributed by atoms with Crippen LogP contribution in [0.1, 0.15) is 22.3 Å². The second-order valence-corrected chi connectivity index (χ2v) is 6.19. The number of nitrogens with one attached hydrogen (secondary N) is 1. The van der Waals surface area contributed by atoms with E-state index in [4.69, 9.17) is 4.74 Å². The molecule has 2 amide bonds. The lowest BCUT2D eigenvalue weighted by Gasteiger charge is -2.25. The summed E-state index contributed by atoms with van der Waals surface area (Å²) >= 11 is 0. The van der Waals surface area contributed by atoms with Crippen LogP contribution in [0.25, 0.3) is 5.57 Å². The van der Waals surface area contributed by atoms with Gasteiger partial charge >= 0.3 is 0 Å². The summed E-state index contributed by atoms with van der Waals surface area (Å²) in [7, 11) is 1.56. The van der Waals surface area contributed by atoms with Crippen molar-refractivity contribution in [2.75, 3.05) is 26.7 Å². The Bertz CT molecular complexity index is 798. The third kappa shape index (κ3) is 4.58. The maximum absolute atomic E-state index is 12.2. The van der Waals surface area contributed by atoms with Crippen LogP contribution in [0.3, 0.4) is 0 Å². The molecule has 0 fully saturated rings. The molecular weight excluding hydrogens is 328 g/mol. The second kappa shape index (κ2) is 8.45. The number of methoxy groups -OCH3 is 1. The van der Waals surface area contributed by atoms with Crippen molar-refractivity contribution >= 4 is 17.4 Å². The molecule has 2 aromatic carbocycles. The molecule has 0 saturated carbocycles. The van der Waals surface area contributed by atoms with Gasteiger partial charge < -0.3 is 4.74 Å². The second-order valence-electron chi connectivity index (χ2n) is 6.19. The highest BCUT2D eigenvalue weighted by Gasteiger charge is 2.17. The Morgan fingerprint density at radius 2 is 1.81 bits per heavy atom. The van der Waals surface area contributed by atoms with E-state index in [0.717, 1.165) is 13.0 Å². The molecule has 0 aromatic heterocycles. The van der Waals surface area contributed by atoms with Crippen LogP contribution in [0.4, 0.5) is 0 Å². The van der Waals surface area contributed by atoms with E-state index in [0.29, 0.717) is 17.9 Å². The minimum Gasteiger partial charge on any atom is -0.497 e. The third-order valence-electron chi connectivity index (χ3n) is 4.41. The first-order chi connectivity index (χ1) is 12.7. The van der Waals surface area contributed by atoms with Gasteiger partial charge in [0.1, 0.15) is 5.75 Å². The van der Waals surface area contributed by atoms with Crippen LogP contribution in [0, 0.1) is 0 Å². The molecule has 0 spiro atoms. The average molecular weight is 350 g/mol. The van der Waals surface area contributed by atoms with Crippen LogP contribution in [0.15, 0.2) is 60.7 Å². The summed E-state index contributed by atoms with van der Waals surface area (Å²) in [6, 6.07) is 16.9. The third-order valence-corrected chi connectivity index (χ3v) is 4.41. The molecular formula is C21H22N2O3. The van der Waals surface area contributed by atoms with Gasteiger partial charge in [-0.1, -0.05) is 36.4 Å². The molecule has 1 heterocycles. The Labute approximate surface area is 153 Å². The van der Waals surface area contributed by atoms with Gasteiger partial charge in [0, 0.05) is 18.7 Å². The number of rotatable bonds is 5. The molecule has 134 valence electrons. The molecule has 0 radical (unpaired) electrons. The molecule has 0 saturated heterocycles. The number of carbonyl (C=O) groups excluding carboxylic acids is 2. The fraction of sp³-hybridized carbons (Fsp3) is 0.238. The van der Waals surface area contributed by atoms with Gasteiger partial charge in [-0.05, 0) is 41.8 Å². The number of hydrogen-bond acceptors (Lipinski definition) is 4. The molecule has 1 aliphatic rings. The van der Waals surface area contributed by atoms with Gasteiger partial charge in [0.05, 0.1) is 13.7 Å². The molecule has 2 aromatic rings. The van der Waals surface area contributed by atoms with Crippen molar-refractivity contribution in [1.29, 1.82) is 0 Å². The lowest BCUT2D eigenvalue weighted by molar-refractivity contribution is -0.121. The molecule has 5 heteroatoms. The minimum atomic E-state index is -0.393. The monoisotopic (exact) mass is 350 g/mol. The normalized spacial score (nSPS) is 14.4. The van der Waals surface area contributed by atoms with Gasteiger partial charge in [-0.15, -0.1) is 0 Å². The standard InChI is InChI=1S/C21H22N2O3/c1-26-19-9-7-18(8-10-19)21(25)22-20(24)15-23-13-11-17(12-14-23)16-5-3-2-4-6-16/h2-11H,12-15H2,1H3,(H,22,24,25). The van der Waals surface area contributed by atoms with Crippen LogP contribution in [0.5, 0.6) is 5.75 Å². The van der Waals surface area contributed by atoms with Crippen molar-refractivity contribution in [2.24, 2.45) is 0 Å². The number of nitrogens with zero attached hydrogens (tertiary/aromatic N) is 1. The highest BCUT2D eigenvalue weighted by Crippen LogP contribution is 2.21. The number of ether oxygens (including phenoxy) is 1. The lowest BCUT2D eigenvalue weighted by Crippen LogP contribution is -2.41. The van der Waals surface area contributed by atoms with Crippen molar-refractivity contribution in [3.63, 3.8) is 0 Å². The van der Waals surface area contributed by atoms with E-state index in [9.17, 15) is 9.59 Å². The number of carbonyl (C=O) groups is 2. The number of hydrogen-bond donors (Lipinski definition) is 1. The Kier molecular flexibility index (Phi) is 5.81. The van der Waals surface area contributed by atoms with Crippen molar-refractivity contribution < 1.29 is 14.3 Å². The van der Waals surface area contributed by atoms with Crippen molar-refractivity contribution in [2.45, 2.75) is 6.42 Å². The maximum atomic E-state index is 12.2. The number of amides is 2. The number of benzene rings is 2. The van der Waals surface area contributed by atoms with Gasteiger partial charge in [0.25, 0.3) is 5.91 Å². The van der Waals surface area contributed by atoms with Crippen molar-refractivity contribution in [1.82, 2.24) is 10.2 Å². The predicted octanol–water partition coefficient (Wildman–Crippen LogP) is 2.74. The highest BCUT2D eigenvalue weighted by molar-refractivity contribution is 6.05. The lowest BCUT2D eigenvalue weighted by atomic mass is 10.00.